The molecule has 1 amide bonds. The van der Waals surface area contributed by atoms with Gasteiger partial charge in [0.05, 0.1) is 5.56 Å². The summed E-state index contributed by atoms with van der Waals surface area (Å²) in [5, 5.41) is 0. The molecule has 0 aromatic heterocycles. The molecule has 1 unspecified atom stereocenters. The molecule has 1 aromatic rings. The zero-order valence-corrected chi connectivity index (χ0v) is 11.7. The summed E-state index contributed by atoms with van der Waals surface area (Å²) < 4.78 is 18.7. The maximum Gasteiger partial charge on any atom is 0.263 e. The van der Waals surface area contributed by atoms with Gasteiger partial charge in [-0.15, -0.1) is 0 Å². The van der Waals surface area contributed by atoms with Gasteiger partial charge in [0, 0.05) is 13.1 Å². The highest BCUT2D eigenvalue weighted by molar-refractivity contribution is 5.97. The van der Waals surface area contributed by atoms with E-state index in [4.69, 9.17) is 4.74 Å². The summed E-state index contributed by atoms with van der Waals surface area (Å²) in [7, 11) is 0. The molecule has 1 heterocycles. The minimum Gasteiger partial charge on any atom is -0.480 e. The molecule has 108 valence electrons. The number of ether oxygens (including phenoxy) is 1. The van der Waals surface area contributed by atoms with Crippen molar-refractivity contribution in [2.75, 3.05) is 13.1 Å². The molecular formula is C15H18FNO3. The van der Waals surface area contributed by atoms with E-state index in [9.17, 15) is 14.0 Å². The van der Waals surface area contributed by atoms with Crippen LogP contribution in [0.4, 0.5) is 4.39 Å². The van der Waals surface area contributed by atoms with Crippen LogP contribution in [0.15, 0.2) is 18.2 Å². The third kappa shape index (κ3) is 3.15. The van der Waals surface area contributed by atoms with E-state index in [2.05, 4.69) is 0 Å². The summed E-state index contributed by atoms with van der Waals surface area (Å²) in [4.78, 5) is 25.4. The molecule has 0 N–H and O–H groups in total. The highest BCUT2D eigenvalue weighted by Gasteiger charge is 2.25. The van der Waals surface area contributed by atoms with Gasteiger partial charge in [-0.05, 0) is 44.9 Å². The van der Waals surface area contributed by atoms with Crippen molar-refractivity contribution < 1.29 is 18.7 Å². The van der Waals surface area contributed by atoms with Crippen LogP contribution in [0.25, 0.3) is 0 Å². The first-order chi connectivity index (χ1) is 9.49. The number of hydrogen-bond donors (Lipinski definition) is 0. The fourth-order valence-electron chi connectivity index (χ4n) is 2.32. The van der Waals surface area contributed by atoms with Gasteiger partial charge >= 0.3 is 0 Å². The van der Waals surface area contributed by atoms with E-state index in [-0.39, 0.29) is 23.0 Å². The van der Waals surface area contributed by atoms with E-state index in [0.717, 1.165) is 32.0 Å². The number of amides is 1. The number of nitrogens with zero attached hydrogens (tertiary/aromatic N) is 1. The quantitative estimate of drug-likeness (QED) is 0.795. The highest BCUT2D eigenvalue weighted by Crippen LogP contribution is 2.22. The average Bonchev–Trinajstić information content (AvgIpc) is 2.93. The molecule has 0 bridgehead atoms. The number of rotatable bonds is 4. The Hall–Kier alpha value is -1.91. The van der Waals surface area contributed by atoms with E-state index >= 15 is 0 Å². The third-order valence-corrected chi connectivity index (χ3v) is 3.39. The van der Waals surface area contributed by atoms with Crippen molar-refractivity contribution in [3.8, 4) is 5.75 Å². The Morgan fingerprint density at radius 1 is 1.30 bits per heavy atom. The van der Waals surface area contributed by atoms with Crippen LogP contribution in [0.1, 0.15) is 37.0 Å². The van der Waals surface area contributed by atoms with E-state index in [1.54, 1.807) is 11.8 Å². The Labute approximate surface area is 117 Å². The Morgan fingerprint density at radius 3 is 2.55 bits per heavy atom. The van der Waals surface area contributed by atoms with E-state index < -0.39 is 11.9 Å². The maximum absolute atomic E-state index is 13.2. The molecule has 1 saturated heterocycles. The first-order valence-corrected chi connectivity index (χ1v) is 6.75. The number of ketones is 1. The van der Waals surface area contributed by atoms with Gasteiger partial charge in [0.1, 0.15) is 11.6 Å². The van der Waals surface area contributed by atoms with Crippen LogP contribution < -0.4 is 4.74 Å². The molecule has 20 heavy (non-hydrogen) atoms. The van der Waals surface area contributed by atoms with Crippen LogP contribution in [0.5, 0.6) is 5.75 Å². The van der Waals surface area contributed by atoms with Crippen molar-refractivity contribution in [2.45, 2.75) is 32.8 Å². The molecular weight excluding hydrogens is 261 g/mol. The van der Waals surface area contributed by atoms with Crippen molar-refractivity contribution in [3.63, 3.8) is 0 Å². The number of hydrogen-bond acceptors (Lipinski definition) is 3. The lowest BCUT2D eigenvalue weighted by molar-refractivity contribution is -0.136. The molecule has 0 aliphatic carbocycles. The third-order valence-electron chi connectivity index (χ3n) is 3.39. The topological polar surface area (TPSA) is 46.6 Å². The van der Waals surface area contributed by atoms with Crippen LogP contribution in [0.2, 0.25) is 0 Å². The first-order valence-electron chi connectivity index (χ1n) is 6.75. The maximum atomic E-state index is 13.2. The summed E-state index contributed by atoms with van der Waals surface area (Å²) >= 11 is 0. The second-order valence-electron chi connectivity index (χ2n) is 4.99. The molecule has 5 heteroatoms. The number of likely N-dealkylation sites (tertiary alicyclic amines) is 1. The Bertz CT molecular complexity index is 524. The molecule has 4 nitrogen and oxygen atoms in total. The Kier molecular flexibility index (Phi) is 4.37. The van der Waals surface area contributed by atoms with Gasteiger partial charge in [0.2, 0.25) is 0 Å². The van der Waals surface area contributed by atoms with Gasteiger partial charge in [0.25, 0.3) is 5.91 Å². The summed E-state index contributed by atoms with van der Waals surface area (Å²) in [5.74, 6) is -0.637. The van der Waals surface area contributed by atoms with Crippen LogP contribution in [0.3, 0.4) is 0 Å². The lowest BCUT2D eigenvalue weighted by Crippen LogP contribution is -2.38. The molecule has 0 spiro atoms. The van der Waals surface area contributed by atoms with Gasteiger partial charge in [0.15, 0.2) is 11.9 Å². The fraction of sp³-hybridized carbons (Fsp3) is 0.467. The van der Waals surface area contributed by atoms with Crippen LogP contribution in [-0.2, 0) is 4.79 Å². The number of carbonyl (C=O) groups is 2. The molecule has 1 aliphatic rings. The second-order valence-corrected chi connectivity index (χ2v) is 4.99. The van der Waals surface area contributed by atoms with Crippen LogP contribution >= 0.6 is 0 Å². The molecule has 0 saturated carbocycles. The summed E-state index contributed by atoms with van der Waals surface area (Å²) in [6.45, 7) is 4.48. The predicted octanol–water partition coefficient (Wildman–Crippen LogP) is 2.42. The summed E-state index contributed by atoms with van der Waals surface area (Å²) in [5.41, 5.74) is 0.158. The monoisotopic (exact) mass is 279 g/mol. The van der Waals surface area contributed by atoms with Crippen molar-refractivity contribution in [3.05, 3.63) is 29.6 Å². The minimum absolute atomic E-state index is 0.0960. The lowest BCUT2D eigenvalue weighted by atomic mass is 10.1. The average molecular weight is 279 g/mol. The molecule has 1 fully saturated rings. The lowest BCUT2D eigenvalue weighted by Gasteiger charge is -2.22. The van der Waals surface area contributed by atoms with E-state index in [0.29, 0.717) is 0 Å². The van der Waals surface area contributed by atoms with E-state index in [1.165, 1.54) is 19.1 Å². The van der Waals surface area contributed by atoms with Gasteiger partial charge < -0.3 is 9.64 Å². The number of benzene rings is 1. The standard InChI is InChI=1S/C15H18FNO3/c1-10(18)13-9-12(16)5-6-14(13)20-11(2)15(19)17-7-3-4-8-17/h5-6,9,11H,3-4,7-8H2,1-2H3. The summed E-state index contributed by atoms with van der Waals surface area (Å²) in [6, 6.07) is 3.74. The number of carbonyl (C=O) groups excluding carboxylic acids is 2. The molecule has 0 radical (unpaired) electrons. The Morgan fingerprint density at radius 2 is 1.95 bits per heavy atom. The normalized spacial score (nSPS) is 16.1. The Balaban J connectivity index is 2.12. The number of halogens is 1. The van der Waals surface area contributed by atoms with Crippen molar-refractivity contribution in [2.24, 2.45) is 0 Å². The molecule has 1 atom stereocenters. The highest BCUT2D eigenvalue weighted by atomic mass is 19.1. The zero-order valence-electron chi connectivity index (χ0n) is 11.7. The molecule has 1 aliphatic heterocycles. The molecule has 1 aromatic carbocycles. The van der Waals surface area contributed by atoms with Crippen molar-refractivity contribution >= 4 is 11.7 Å². The van der Waals surface area contributed by atoms with Gasteiger partial charge in [-0.3, -0.25) is 9.59 Å². The number of Topliss-reactive ketones (excluding diaryl/α,β-unsaturated/α-hetero) is 1. The smallest absolute Gasteiger partial charge is 0.263 e. The SMILES string of the molecule is CC(=O)c1cc(F)ccc1OC(C)C(=O)N1CCCC1. The summed E-state index contributed by atoms with van der Waals surface area (Å²) in [6.07, 6.45) is 1.33. The second kappa shape index (κ2) is 6.03. The first kappa shape index (κ1) is 14.5. The van der Waals surface area contributed by atoms with Gasteiger partial charge in [-0.25, -0.2) is 4.39 Å². The van der Waals surface area contributed by atoms with Gasteiger partial charge in [-0.1, -0.05) is 0 Å². The molecule has 2 rings (SSSR count). The van der Waals surface area contributed by atoms with Crippen LogP contribution in [-0.4, -0.2) is 35.8 Å². The largest absolute Gasteiger partial charge is 0.480 e. The zero-order chi connectivity index (χ0) is 14.7. The fourth-order valence-corrected chi connectivity index (χ4v) is 2.32. The van der Waals surface area contributed by atoms with Crippen LogP contribution in [0, 0.1) is 5.82 Å². The van der Waals surface area contributed by atoms with Crippen molar-refractivity contribution in [1.82, 2.24) is 4.90 Å². The minimum atomic E-state index is -0.684. The predicted molar refractivity (Wildman–Crippen MR) is 72.3 cm³/mol. The van der Waals surface area contributed by atoms with E-state index in [1.807, 2.05) is 0 Å². The van der Waals surface area contributed by atoms with Crippen molar-refractivity contribution in [1.29, 1.82) is 0 Å². The van der Waals surface area contributed by atoms with Gasteiger partial charge in [-0.2, -0.15) is 0 Å².